The zero-order valence-electron chi connectivity index (χ0n) is 15.4. The SMILES string of the molecule is CC(C)Cn1nc(C(=O)Nc2ccc3[nH]c(=O)[nH]c3c2)c2ccccc2c1=O. The van der Waals surface area contributed by atoms with E-state index >= 15 is 0 Å². The lowest BCUT2D eigenvalue weighted by atomic mass is 10.1. The van der Waals surface area contributed by atoms with E-state index < -0.39 is 5.91 Å². The van der Waals surface area contributed by atoms with E-state index in [1.165, 1.54) is 4.68 Å². The zero-order chi connectivity index (χ0) is 19.8. The molecule has 0 aliphatic carbocycles. The Labute approximate surface area is 159 Å². The lowest BCUT2D eigenvalue weighted by Crippen LogP contribution is -2.29. The standard InChI is InChI=1S/C20H19N5O3/c1-11(2)10-25-19(27)14-6-4-3-5-13(14)17(24-25)18(26)21-12-7-8-15-16(9-12)23-20(28)22-15/h3-9,11H,10H2,1-2H3,(H,21,26)(H2,22,23,28). The van der Waals surface area contributed by atoms with Crippen molar-refractivity contribution in [2.75, 3.05) is 5.32 Å². The number of imidazole rings is 1. The summed E-state index contributed by atoms with van der Waals surface area (Å²) in [5.41, 5.74) is 1.40. The maximum atomic E-state index is 12.9. The minimum absolute atomic E-state index is 0.179. The first-order valence-corrected chi connectivity index (χ1v) is 8.95. The number of rotatable bonds is 4. The maximum Gasteiger partial charge on any atom is 0.323 e. The van der Waals surface area contributed by atoms with Gasteiger partial charge in [0.1, 0.15) is 0 Å². The van der Waals surface area contributed by atoms with Crippen LogP contribution in [0, 0.1) is 5.92 Å². The van der Waals surface area contributed by atoms with Gasteiger partial charge in [-0.25, -0.2) is 9.48 Å². The van der Waals surface area contributed by atoms with Gasteiger partial charge in [0.05, 0.1) is 16.4 Å². The van der Waals surface area contributed by atoms with Crippen LogP contribution in [0.1, 0.15) is 24.3 Å². The molecule has 0 saturated carbocycles. The average molecular weight is 377 g/mol. The fourth-order valence-corrected chi connectivity index (χ4v) is 3.17. The molecule has 0 atom stereocenters. The molecule has 0 aliphatic rings. The highest BCUT2D eigenvalue weighted by atomic mass is 16.2. The van der Waals surface area contributed by atoms with Crippen molar-refractivity contribution in [1.82, 2.24) is 19.7 Å². The molecule has 142 valence electrons. The Kier molecular flexibility index (Phi) is 4.31. The summed E-state index contributed by atoms with van der Waals surface area (Å²) < 4.78 is 1.34. The van der Waals surface area contributed by atoms with E-state index in [9.17, 15) is 14.4 Å². The predicted molar refractivity (Wildman–Crippen MR) is 108 cm³/mol. The normalized spacial score (nSPS) is 11.4. The van der Waals surface area contributed by atoms with Gasteiger partial charge in [0.2, 0.25) is 0 Å². The second-order valence-corrected chi connectivity index (χ2v) is 7.07. The predicted octanol–water partition coefficient (Wildman–Crippen LogP) is 2.47. The summed E-state index contributed by atoms with van der Waals surface area (Å²) >= 11 is 0. The largest absolute Gasteiger partial charge is 0.323 e. The van der Waals surface area contributed by atoms with Gasteiger partial charge in [-0.15, -0.1) is 0 Å². The van der Waals surface area contributed by atoms with Crippen LogP contribution in [-0.2, 0) is 6.54 Å². The number of amides is 1. The molecule has 3 N–H and O–H groups in total. The molecule has 0 aliphatic heterocycles. The number of hydrogen-bond acceptors (Lipinski definition) is 4. The van der Waals surface area contributed by atoms with Gasteiger partial charge in [-0.1, -0.05) is 32.0 Å². The van der Waals surface area contributed by atoms with Crippen molar-refractivity contribution in [2.24, 2.45) is 5.92 Å². The fraction of sp³-hybridized carbons (Fsp3) is 0.200. The molecule has 2 heterocycles. The van der Waals surface area contributed by atoms with Gasteiger partial charge < -0.3 is 15.3 Å². The van der Waals surface area contributed by atoms with Crippen molar-refractivity contribution in [2.45, 2.75) is 20.4 Å². The highest BCUT2D eigenvalue weighted by molar-refractivity contribution is 6.11. The summed E-state index contributed by atoms with van der Waals surface area (Å²) in [6, 6.07) is 12.0. The third kappa shape index (κ3) is 3.20. The quantitative estimate of drug-likeness (QED) is 0.507. The Hall–Kier alpha value is -3.68. The summed E-state index contributed by atoms with van der Waals surface area (Å²) in [7, 11) is 0. The number of carbonyl (C=O) groups is 1. The number of aromatic amines is 2. The van der Waals surface area contributed by atoms with Crippen LogP contribution in [0.4, 0.5) is 5.69 Å². The third-order valence-electron chi connectivity index (χ3n) is 4.39. The van der Waals surface area contributed by atoms with E-state index in [-0.39, 0.29) is 22.9 Å². The molecule has 0 radical (unpaired) electrons. The van der Waals surface area contributed by atoms with E-state index in [1.807, 2.05) is 13.8 Å². The number of hydrogen-bond donors (Lipinski definition) is 3. The molecule has 2 aromatic carbocycles. The van der Waals surface area contributed by atoms with Crippen LogP contribution >= 0.6 is 0 Å². The molecule has 4 rings (SSSR count). The van der Waals surface area contributed by atoms with Gasteiger partial charge in [-0.2, -0.15) is 5.10 Å². The van der Waals surface area contributed by atoms with E-state index in [0.29, 0.717) is 34.0 Å². The minimum Gasteiger partial charge on any atom is -0.320 e. The van der Waals surface area contributed by atoms with Crippen LogP contribution in [-0.4, -0.2) is 25.7 Å². The molecule has 0 saturated heterocycles. The monoisotopic (exact) mass is 377 g/mol. The smallest absolute Gasteiger partial charge is 0.320 e. The van der Waals surface area contributed by atoms with Gasteiger partial charge in [0.15, 0.2) is 5.69 Å². The molecule has 1 amide bonds. The van der Waals surface area contributed by atoms with Crippen molar-refractivity contribution < 1.29 is 4.79 Å². The van der Waals surface area contributed by atoms with Crippen molar-refractivity contribution in [1.29, 1.82) is 0 Å². The lowest BCUT2D eigenvalue weighted by Gasteiger charge is -2.12. The van der Waals surface area contributed by atoms with E-state index in [0.717, 1.165) is 0 Å². The van der Waals surface area contributed by atoms with Crippen LogP contribution in [0.15, 0.2) is 52.1 Å². The van der Waals surface area contributed by atoms with E-state index in [1.54, 1.807) is 42.5 Å². The molecule has 0 bridgehead atoms. The molecular weight excluding hydrogens is 358 g/mol. The molecule has 0 unspecified atom stereocenters. The molecule has 4 aromatic rings. The van der Waals surface area contributed by atoms with Gasteiger partial charge in [0, 0.05) is 17.6 Å². The maximum absolute atomic E-state index is 12.9. The highest BCUT2D eigenvalue weighted by Gasteiger charge is 2.17. The number of benzene rings is 2. The van der Waals surface area contributed by atoms with Crippen LogP contribution in [0.5, 0.6) is 0 Å². The van der Waals surface area contributed by atoms with Crippen molar-refractivity contribution in [3.05, 3.63) is 69.0 Å². The first kappa shape index (κ1) is 17.7. The van der Waals surface area contributed by atoms with Crippen LogP contribution in [0.2, 0.25) is 0 Å². The Bertz CT molecular complexity index is 1310. The molecule has 2 aromatic heterocycles. The molecular formula is C20H19N5O3. The highest BCUT2D eigenvalue weighted by Crippen LogP contribution is 2.18. The summed E-state index contributed by atoms with van der Waals surface area (Å²) in [6.07, 6.45) is 0. The molecule has 28 heavy (non-hydrogen) atoms. The second-order valence-electron chi connectivity index (χ2n) is 7.07. The fourth-order valence-electron chi connectivity index (χ4n) is 3.17. The van der Waals surface area contributed by atoms with Crippen LogP contribution in [0.3, 0.4) is 0 Å². The lowest BCUT2D eigenvalue weighted by molar-refractivity contribution is 0.102. The zero-order valence-corrected chi connectivity index (χ0v) is 15.4. The van der Waals surface area contributed by atoms with Gasteiger partial charge in [-0.05, 0) is 30.2 Å². The Morgan fingerprint density at radius 2 is 1.79 bits per heavy atom. The Morgan fingerprint density at radius 3 is 2.54 bits per heavy atom. The number of carbonyl (C=O) groups excluding carboxylic acids is 1. The molecule has 8 heteroatoms. The van der Waals surface area contributed by atoms with Gasteiger partial charge in [-0.3, -0.25) is 9.59 Å². The van der Waals surface area contributed by atoms with E-state index in [4.69, 9.17) is 0 Å². The average Bonchev–Trinajstić information content (AvgIpc) is 3.03. The summed E-state index contributed by atoms with van der Waals surface area (Å²) in [6.45, 7) is 4.38. The molecule has 0 fully saturated rings. The Morgan fingerprint density at radius 1 is 1.07 bits per heavy atom. The van der Waals surface area contributed by atoms with Crippen molar-refractivity contribution >= 4 is 33.4 Å². The number of nitrogens with one attached hydrogen (secondary N) is 3. The summed E-state index contributed by atoms with van der Waals surface area (Å²) in [5.74, 6) is -0.221. The first-order chi connectivity index (χ1) is 13.4. The van der Waals surface area contributed by atoms with Gasteiger partial charge in [0.25, 0.3) is 11.5 Å². The molecule has 0 spiro atoms. The number of nitrogens with zero attached hydrogens (tertiary/aromatic N) is 2. The summed E-state index contributed by atoms with van der Waals surface area (Å²) in [4.78, 5) is 42.3. The molecule has 8 nitrogen and oxygen atoms in total. The number of aromatic nitrogens is 4. The van der Waals surface area contributed by atoms with E-state index in [2.05, 4.69) is 20.4 Å². The second kappa shape index (κ2) is 6.80. The number of fused-ring (bicyclic) bond motifs is 2. The minimum atomic E-state index is -0.425. The number of H-pyrrole nitrogens is 2. The van der Waals surface area contributed by atoms with Crippen molar-refractivity contribution in [3.8, 4) is 0 Å². The van der Waals surface area contributed by atoms with Gasteiger partial charge >= 0.3 is 5.69 Å². The third-order valence-corrected chi connectivity index (χ3v) is 4.39. The summed E-state index contributed by atoms with van der Waals surface area (Å²) in [5, 5.41) is 8.08. The van der Waals surface area contributed by atoms with Crippen molar-refractivity contribution in [3.63, 3.8) is 0 Å². The Balaban J connectivity index is 1.77. The topological polar surface area (TPSA) is 113 Å². The van der Waals surface area contributed by atoms with Crippen LogP contribution in [0.25, 0.3) is 21.8 Å². The number of anilines is 1. The van der Waals surface area contributed by atoms with Crippen LogP contribution < -0.4 is 16.6 Å². The first-order valence-electron chi connectivity index (χ1n) is 8.95.